The summed E-state index contributed by atoms with van der Waals surface area (Å²) in [5, 5.41) is 9.47. The van der Waals surface area contributed by atoms with Gasteiger partial charge in [-0.25, -0.2) is 18.7 Å². The van der Waals surface area contributed by atoms with Crippen LogP contribution in [0, 0.1) is 0 Å². The third-order valence-electron chi connectivity index (χ3n) is 4.57. The van der Waals surface area contributed by atoms with E-state index < -0.39 is 5.92 Å². The summed E-state index contributed by atoms with van der Waals surface area (Å²) in [4.78, 5) is 16.2. The summed E-state index contributed by atoms with van der Waals surface area (Å²) >= 11 is 6.20. The van der Waals surface area contributed by atoms with Crippen molar-refractivity contribution >= 4 is 28.6 Å². The molecule has 0 N–H and O–H groups in total. The molecular formula is C18H20ClF2N7. The van der Waals surface area contributed by atoms with Crippen LogP contribution in [0.2, 0.25) is 5.02 Å². The van der Waals surface area contributed by atoms with Crippen molar-refractivity contribution in [2.24, 2.45) is 0 Å². The molecule has 0 spiro atoms. The first-order valence-electron chi connectivity index (χ1n) is 8.97. The molecule has 1 aliphatic rings. The first kappa shape index (κ1) is 18.9. The molecule has 10 heteroatoms. The Hall–Kier alpha value is -2.42. The maximum atomic E-state index is 13.8. The largest absolute Gasteiger partial charge is 0.348 e. The Labute approximate surface area is 165 Å². The summed E-state index contributed by atoms with van der Waals surface area (Å²) in [6, 6.07) is 1.69. The molecule has 0 aromatic carbocycles. The van der Waals surface area contributed by atoms with Crippen molar-refractivity contribution in [3.05, 3.63) is 34.9 Å². The minimum atomic E-state index is -2.74. The van der Waals surface area contributed by atoms with Crippen LogP contribution in [0.1, 0.15) is 38.6 Å². The molecular weight excluding hydrogens is 388 g/mol. The lowest BCUT2D eigenvalue weighted by molar-refractivity contribution is 0.0257. The molecule has 7 nitrogen and oxygen atoms in total. The summed E-state index contributed by atoms with van der Waals surface area (Å²) < 4.78 is 27.6. The van der Waals surface area contributed by atoms with Gasteiger partial charge in [0.15, 0.2) is 11.3 Å². The van der Waals surface area contributed by atoms with E-state index in [1.165, 1.54) is 4.80 Å². The summed E-state index contributed by atoms with van der Waals surface area (Å²) in [5.41, 5.74) is 1.18. The van der Waals surface area contributed by atoms with Gasteiger partial charge in [0, 0.05) is 41.4 Å². The number of fused-ring (bicyclic) bond motifs is 1. The summed E-state index contributed by atoms with van der Waals surface area (Å²) in [6.07, 6.45) is 3.04. The highest BCUT2D eigenvalue weighted by molar-refractivity contribution is 6.31. The molecule has 148 valence electrons. The number of hydrogen-bond donors (Lipinski definition) is 0. The topological polar surface area (TPSA) is 72.6 Å². The molecule has 4 rings (SSSR count). The fraction of sp³-hybridized carbons (Fsp3) is 0.500. The highest BCUT2D eigenvalue weighted by Gasteiger charge is 2.40. The number of hydrogen-bond acceptors (Lipinski definition) is 6. The fourth-order valence-electron chi connectivity index (χ4n) is 3.06. The van der Waals surface area contributed by atoms with E-state index >= 15 is 0 Å². The number of aromatic nitrogens is 6. The van der Waals surface area contributed by atoms with Crippen LogP contribution in [0.4, 0.5) is 14.6 Å². The van der Waals surface area contributed by atoms with Gasteiger partial charge in [-0.2, -0.15) is 4.80 Å². The number of rotatable bonds is 3. The van der Waals surface area contributed by atoms with Crippen molar-refractivity contribution in [2.45, 2.75) is 45.1 Å². The van der Waals surface area contributed by atoms with Gasteiger partial charge < -0.3 is 4.90 Å². The first-order valence-corrected chi connectivity index (χ1v) is 9.35. The maximum Gasteiger partial charge on any atom is 0.266 e. The number of pyridine rings is 1. The van der Waals surface area contributed by atoms with Crippen molar-refractivity contribution < 1.29 is 8.78 Å². The minimum Gasteiger partial charge on any atom is -0.348 e. The second kappa shape index (κ2) is 6.58. The zero-order valence-corrected chi connectivity index (χ0v) is 16.6. The fourth-order valence-corrected chi connectivity index (χ4v) is 3.22. The van der Waals surface area contributed by atoms with Crippen LogP contribution in [-0.2, 0) is 12.0 Å². The summed E-state index contributed by atoms with van der Waals surface area (Å²) in [7, 11) is 0. The number of halogens is 3. The van der Waals surface area contributed by atoms with Crippen LogP contribution in [0.25, 0.3) is 11.2 Å². The molecule has 0 atom stereocenters. The van der Waals surface area contributed by atoms with E-state index in [4.69, 9.17) is 11.6 Å². The van der Waals surface area contributed by atoms with Crippen LogP contribution in [0.5, 0.6) is 0 Å². The van der Waals surface area contributed by atoms with Gasteiger partial charge in [0.05, 0.1) is 13.1 Å². The zero-order chi connectivity index (χ0) is 20.1. The molecule has 0 saturated carbocycles. The summed E-state index contributed by atoms with van der Waals surface area (Å²) in [6.45, 7) is 6.03. The number of alkyl halides is 2. The number of anilines is 1. The normalized spacial score (nSPS) is 16.9. The van der Waals surface area contributed by atoms with E-state index in [0.29, 0.717) is 34.4 Å². The van der Waals surface area contributed by atoms with E-state index in [2.05, 4.69) is 25.1 Å². The van der Waals surface area contributed by atoms with Gasteiger partial charge in [0.25, 0.3) is 5.92 Å². The lowest BCUT2D eigenvalue weighted by Gasteiger charge is -2.21. The van der Waals surface area contributed by atoms with Crippen molar-refractivity contribution in [2.75, 3.05) is 18.0 Å². The third kappa shape index (κ3) is 3.63. The summed E-state index contributed by atoms with van der Waals surface area (Å²) in [5.74, 6) is -1.80. The van der Waals surface area contributed by atoms with Gasteiger partial charge in [-0.3, -0.25) is 4.98 Å². The Morgan fingerprint density at radius 3 is 2.64 bits per heavy atom. The zero-order valence-electron chi connectivity index (χ0n) is 15.8. The van der Waals surface area contributed by atoms with Crippen LogP contribution in [0.15, 0.2) is 18.5 Å². The van der Waals surface area contributed by atoms with E-state index in [1.807, 2.05) is 20.8 Å². The Morgan fingerprint density at radius 1 is 1.21 bits per heavy atom. The molecule has 0 unspecified atom stereocenters. The molecule has 1 saturated heterocycles. The van der Waals surface area contributed by atoms with Crippen LogP contribution < -0.4 is 4.90 Å². The Kier molecular flexibility index (Phi) is 4.45. The first-order chi connectivity index (χ1) is 13.1. The van der Waals surface area contributed by atoms with Crippen molar-refractivity contribution in [1.82, 2.24) is 29.9 Å². The van der Waals surface area contributed by atoms with Crippen molar-refractivity contribution in [1.29, 1.82) is 0 Å². The predicted molar refractivity (Wildman–Crippen MR) is 102 cm³/mol. The Balaban J connectivity index is 1.80. The molecule has 0 radical (unpaired) electrons. The van der Waals surface area contributed by atoms with E-state index in [0.717, 1.165) is 5.56 Å². The molecule has 28 heavy (non-hydrogen) atoms. The maximum absolute atomic E-state index is 13.8. The van der Waals surface area contributed by atoms with E-state index in [1.54, 1.807) is 23.4 Å². The highest BCUT2D eigenvalue weighted by atomic mass is 35.5. The van der Waals surface area contributed by atoms with Gasteiger partial charge in [-0.15, -0.1) is 10.2 Å². The average molecular weight is 408 g/mol. The van der Waals surface area contributed by atoms with Crippen molar-refractivity contribution in [3.63, 3.8) is 0 Å². The quantitative estimate of drug-likeness (QED) is 0.662. The SMILES string of the molecule is CC(C)(C)c1nc(N2CCC(F)(F)C2)c2nn(Cc3cnccc3Cl)nc2n1. The predicted octanol–water partition coefficient (Wildman–Crippen LogP) is 3.46. The van der Waals surface area contributed by atoms with Crippen LogP contribution in [0.3, 0.4) is 0 Å². The number of nitrogens with zero attached hydrogens (tertiary/aromatic N) is 7. The van der Waals surface area contributed by atoms with Gasteiger partial charge in [-0.05, 0) is 6.07 Å². The molecule has 3 aromatic rings. The van der Waals surface area contributed by atoms with E-state index in [-0.39, 0.29) is 24.9 Å². The highest BCUT2D eigenvalue weighted by Crippen LogP contribution is 2.34. The Morgan fingerprint density at radius 2 is 2.00 bits per heavy atom. The molecule has 0 aliphatic carbocycles. The van der Waals surface area contributed by atoms with Gasteiger partial charge >= 0.3 is 0 Å². The molecule has 0 bridgehead atoms. The van der Waals surface area contributed by atoms with Crippen LogP contribution >= 0.6 is 11.6 Å². The van der Waals surface area contributed by atoms with E-state index in [9.17, 15) is 8.78 Å². The minimum absolute atomic E-state index is 0.206. The van der Waals surface area contributed by atoms with Gasteiger partial charge in [0.2, 0.25) is 5.65 Å². The lowest BCUT2D eigenvalue weighted by atomic mass is 9.96. The molecule has 1 fully saturated rings. The van der Waals surface area contributed by atoms with Crippen molar-refractivity contribution in [3.8, 4) is 0 Å². The van der Waals surface area contributed by atoms with Gasteiger partial charge in [-0.1, -0.05) is 32.4 Å². The second-order valence-corrected chi connectivity index (χ2v) is 8.43. The average Bonchev–Trinajstić information content (AvgIpc) is 3.17. The van der Waals surface area contributed by atoms with Gasteiger partial charge in [0.1, 0.15) is 5.82 Å². The standard InChI is InChI=1S/C18H20ClF2N7/c1-17(2,3)16-23-14-13(15(24-16)27-7-5-18(20,21)10-27)25-28(26-14)9-11-8-22-6-4-12(11)19/h4,6,8H,5,7,9-10H2,1-3H3. The van der Waals surface area contributed by atoms with Crippen LogP contribution in [-0.4, -0.2) is 49.0 Å². The lowest BCUT2D eigenvalue weighted by Crippen LogP contribution is -2.27. The molecule has 1 aliphatic heterocycles. The molecule has 0 amide bonds. The monoisotopic (exact) mass is 407 g/mol. The molecule has 4 heterocycles. The third-order valence-corrected chi connectivity index (χ3v) is 4.94. The molecule has 3 aromatic heterocycles. The second-order valence-electron chi connectivity index (χ2n) is 8.02. The Bertz CT molecular complexity index is 1030. The smallest absolute Gasteiger partial charge is 0.266 e.